The van der Waals surface area contributed by atoms with Gasteiger partial charge in [0.2, 0.25) is 11.8 Å². The van der Waals surface area contributed by atoms with Crippen LogP contribution in [0.1, 0.15) is 11.3 Å². The van der Waals surface area contributed by atoms with Gasteiger partial charge < -0.3 is 15.4 Å². The topological polar surface area (TPSA) is 80.3 Å². The smallest absolute Gasteiger partial charge is 0.239 e. The summed E-state index contributed by atoms with van der Waals surface area (Å²) in [6, 6.07) is 12.7. The first-order valence-electron chi connectivity index (χ1n) is 7.23. The average Bonchev–Trinajstić information content (AvgIpc) is 2.60. The van der Waals surface area contributed by atoms with Crippen LogP contribution in [0.15, 0.2) is 48.7 Å². The van der Waals surface area contributed by atoms with Gasteiger partial charge in [-0.1, -0.05) is 18.2 Å². The number of hydrogen-bond acceptors (Lipinski definition) is 4. The first-order chi connectivity index (χ1) is 11.2. The molecule has 0 saturated heterocycles. The molecule has 2 N–H and O–H groups in total. The first kappa shape index (κ1) is 16.5. The molecule has 2 rings (SSSR count). The van der Waals surface area contributed by atoms with Crippen molar-refractivity contribution in [1.29, 1.82) is 0 Å². The van der Waals surface area contributed by atoms with E-state index in [9.17, 15) is 9.59 Å². The van der Waals surface area contributed by atoms with Crippen molar-refractivity contribution in [3.63, 3.8) is 0 Å². The van der Waals surface area contributed by atoms with Crippen LogP contribution < -0.4 is 15.4 Å². The molecule has 0 saturated carbocycles. The van der Waals surface area contributed by atoms with E-state index in [1.165, 1.54) is 0 Å². The van der Waals surface area contributed by atoms with Crippen LogP contribution in [0.5, 0.6) is 5.75 Å². The minimum absolute atomic E-state index is 0.0537. The standard InChI is InChI=1S/C17H19N3O3/c1-23-15-7-5-13(6-8-15)10-16(21)20-12-17(22)19-11-14-4-2-3-9-18-14/h2-9H,10-12H2,1H3,(H,19,22)(H,20,21). The highest BCUT2D eigenvalue weighted by molar-refractivity contribution is 5.85. The van der Waals surface area contributed by atoms with Crippen molar-refractivity contribution in [2.45, 2.75) is 13.0 Å². The van der Waals surface area contributed by atoms with E-state index < -0.39 is 0 Å². The Morgan fingerprint density at radius 1 is 1.04 bits per heavy atom. The lowest BCUT2D eigenvalue weighted by Crippen LogP contribution is -2.37. The summed E-state index contributed by atoms with van der Waals surface area (Å²) in [4.78, 5) is 27.6. The molecule has 2 amide bonds. The van der Waals surface area contributed by atoms with Gasteiger partial charge in [-0.15, -0.1) is 0 Å². The van der Waals surface area contributed by atoms with Crippen LogP contribution >= 0.6 is 0 Å². The molecule has 0 fully saturated rings. The number of carbonyl (C=O) groups is 2. The van der Waals surface area contributed by atoms with Crippen molar-refractivity contribution in [1.82, 2.24) is 15.6 Å². The van der Waals surface area contributed by atoms with Crippen LogP contribution in [0, 0.1) is 0 Å². The number of amides is 2. The van der Waals surface area contributed by atoms with E-state index in [0.29, 0.717) is 6.54 Å². The lowest BCUT2D eigenvalue weighted by Gasteiger charge is -2.07. The number of ether oxygens (including phenoxy) is 1. The van der Waals surface area contributed by atoms with E-state index in [2.05, 4.69) is 15.6 Å². The number of aromatic nitrogens is 1. The molecule has 0 atom stereocenters. The summed E-state index contributed by atoms with van der Waals surface area (Å²) in [7, 11) is 1.59. The molecule has 23 heavy (non-hydrogen) atoms. The molecule has 1 aromatic carbocycles. The summed E-state index contributed by atoms with van der Waals surface area (Å²) in [5.74, 6) is 0.282. The maximum absolute atomic E-state index is 11.8. The third-order valence-corrected chi connectivity index (χ3v) is 3.16. The molecule has 120 valence electrons. The summed E-state index contributed by atoms with van der Waals surface area (Å²) < 4.78 is 5.06. The van der Waals surface area contributed by atoms with Crippen LogP contribution in [0.25, 0.3) is 0 Å². The van der Waals surface area contributed by atoms with Gasteiger partial charge in [-0.2, -0.15) is 0 Å². The molecule has 6 heteroatoms. The molecule has 0 aliphatic carbocycles. The largest absolute Gasteiger partial charge is 0.497 e. The number of hydrogen-bond donors (Lipinski definition) is 2. The highest BCUT2D eigenvalue weighted by Gasteiger charge is 2.07. The zero-order valence-corrected chi connectivity index (χ0v) is 12.9. The molecule has 6 nitrogen and oxygen atoms in total. The van der Waals surface area contributed by atoms with E-state index in [0.717, 1.165) is 17.0 Å². The molecule has 0 aliphatic rings. The van der Waals surface area contributed by atoms with Gasteiger partial charge in [-0.05, 0) is 29.8 Å². The minimum Gasteiger partial charge on any atom is -0.497 e. The van der Waals surface area contributed by atoms with Gasteiger partial charge in [-0.25, -0.2) is 0 Å². The monoisotopic (exact) mass is 313 g/mol. The van der Waals surface area contributed by atoms with Gasteiger partial charge in [0.15, 0.2) is 0 Å². The summed E-state index contributed by atoms with van der Waals surface area (Å²) in [5, 5.41) is 5.29. The maximum atomic E-state index is 11.8. The number of benzene rings is 1. The maximum Gasteiger partial charge on any atom is 0.239 e. The Hall–Kier alpha value is -2.89. The number of nitrogens with one attached hydrogen (secondary N) is 2. The molecule has 1 heterocycles. The minimum atomic E-state index is -0.251. The van der Waals surface area contributed by atoms with Gasteiger partial charge in [-0.3, -0.25) is 14.6 Å². The predicted octanol–water partition coefficient (Wildman–Crippen LogP) is 1.07. The van der Waals surface area contributed by atoms with Gasteiger partial charge in [0, 0.05) is 6.20 Å². The zero-order valence-electron chi connectivity index (χ0n) is 12.9. The van der Waals surface area contributed by atoms with E-state index in [-0.39, 0.29) is 24.8 Å². The normalized spacial score (nSPS) is 9.96. The van der Waals surface area contributed by atoms with Crippen molar-refractivity contribution in [2.75, 3.05) is 13.7 Å². The van der Waals surface area contributed by atoms with Crippen LogP contribution in [-0.2, 0) is 22.6 Å². The van der Waals surface area contributed by atoms with Crippen LogP contribution in [0.3, 0.4) is 0 Å². The van der Waals surface area contributed by atoms with Crippen molar-refractivity contribution >= 4 is 11.8 Å². The van der Waals surface area contributed by atoms with E-state index in [4.69, 9.17) is 4.74 Å². The van der Waals surface area contributed by atoms with E-state index in [1.54, 1.807) is 25.4 Å². The zero-order chi connectivity index (χ0) is 16.5. The third kappa shape index (κ3) is 5.78. The van der Waals surface area contributed by atoms with Crippen molar-refractivity contribution in [2.24, 2.45) is 0 Å². The number of rotatable bonds is 7. The van der Waals surface area contributed by atoms with Gasteiger partial charge in [0.1, 0.15) is 5.75 Å². The Morgan fingerprint density at radius 3 is 2.48 bits per heavy atom. The molecule has 0 radical (unpaired) electrons. The Labute approximate surface area is 134 Å². The molecule has 0 bridgehead atoms. The van der Waals surface area contributed by atoms with Gasteiger partial charge in [0.25, 0.3) is 0 Å². The number of methoxy groups -OCH3 is 1. The van der Waals surface area contributed by atoms with Crippen LogP contribution in [0.4, 0.5) is 0 Å². The average molecular weight is 313 g/mol. The molecule has 2 aromatic rings. The Morgan fingerprint density at radius 2 is 1.83 bits per heavy atom. The highest BCUT2D eigenvalue weighted by Crippen LogP contribution is 2.11. The van der Waals surface area contributed by atoms with Gasteiger partial charge in [0.05, 0.1) is 32.3 Å². The van der Waals surface area contributed by atoms with Crippen molar-refractivity contribution in [3.8, 4) is 5.75 Å². The molecule has 0 unspecified atom stereocenters. The fraction of sp³-hybridized carbons (Fsp3) is 0.235. The fourth-order valence-electron chi connectivity index (χ4n) is 1.92. The van der Waals surface area contributed by atoms with E-state index >= 15 is 0 Å². The van der Waals surface area contributed by atoms with E-state index in [1.807, 2.05) is 30.3 Å². The second-order valence-electron chi connectivity index (χ2n) is 4.90. The lowest BCUT2D eigenvalue weighted by atomic mass is 10.1. The number of nitrogens with zero attached hydrogens (tertiary/aromatic N) is 1. The summed E-state index contributed by atoms with van der Waals surface area (Å²) in [6.45, 7) is 0.288. The Kier molecular flexibility index (Phi) is 6.11. The SMILES string of the molecule is COc1ccc(CC(=O)NCC(=O)NCc2ccccn2)cc1. The third-order valence-electron chi connectivity index (χ3n) is 3.16. The fourth-order valence-corrected chi connectivity index (χ4v) is 1.92. The summed E-state index contributed by atoms with van der Waals surface area (Å²) in [6.07, 6.45) is 1.88. The number of carbonyl (C=O) groups excluding carboxylic acids is 2. The summed E-state index contributed by atoms with van der Waals surface area (Å²) >= 11 is 0. The molecule has 0 aliphatic heterocycles. The second-order valence-corrected chi connectivity index (χ2v) is 4.90. The van der Waals surface area contributed by atoms with Crippen LogP contribution in [-0.4, -0.2) is 30.5 Å². The van der Waals surface area contributed by atoms with Gasteiger partial charge >= 0.3 is 0 Å². The molecule has 0 spiro atoms. The number of pyridine rings is 1. The molecular formula is C17H19N3O3. The summed E-state index contributed by atoms with van der Waals surface area (Å²) in [5.41, 5.74) is 1.63. The molecular weight excluding hydrogens is 294 g/mol. The lowest BCUT2D eigenvalue weighted by molar-refractivity contribution is -0.125. The second kappa shape index (κ2) is 8.53. The Bertz CT molecular complexity index is 642. The predicted molar refractivity (Wildman–Crippen MR) is 85.8 cm³/mol. The van der Waals surface area contributed by atoms with Crippen molar-refractivity contribution in [3.05, 3.63) is 59.9 Å². The Balaban J connectivity index is 1.69. The van der Waals surface area contributed by atoms with Crippen LogP contribution in [0.2, 0.25) is 0 Å². The highest BCUT2D eigenvalue weighted by atomic mass is 16.5. The quantitative estimate of drug-likeness (QED) is 0.801. The molecule has 1 aromatic heterocycles. The van der Waals surface area contributed by atoms with Crippen molar-refractivity contribution < 1.29 is 14.3 Å². The first-order valence-corrected chi connectivity index (χ1v) is 7.23.